The van der Waals surface area contributed by atoms with Gasteiger partial charge in [-0.05, 0) is 74.8 Å². The lowest BCUT2D eigenvalue weighted by atomic mass is 9.97. The minimum atomic E-state index is -0.411. The van der Waals surface area contributed by atoms with Crippen LogP contribution >= 0.6 is 0 Å². The molecule has 0 bridgehead atoms. The average Bonchev–Trinajstić information content (AvgIpc) is 3.69. The third kappa shape index (κ3) is 6.77. The van der Waals surface area contributed by atoms with E-state index in [1.54, 1.807) is 19.1 Å². The van der Waals surface area contributed by atoms with Crippen molar-refractivity contribution >= 4 is 17.6 Å². The Bertz CT molecular complexity index is 1010. The fourth-order valence-corrected chi connectivity index (χ4v) is 4.92. The molecular formula is C29H38N2O4. The van der Waals surface area contributed by atoms with E-state index in [1.165, 1.54) is 43.4 Å². The monoisotopic (exact) mass is 478 g/mol. The highest BCUT2D eigenvalue weighted by molar-refractivity contribution is 5.93. The largest absolute Gasteiger partial charge is 0.493 e. The van der Waals surface area contributed by atoms with Gasteiger partial charge in [0.1, 0.15) is 11.3 Å². The molecule has 35 heavy (non-hydrogen) atoms. The van der Waals surface area contributed by atoms with Gasteiger partial charge >= 0.3 is 5.97 Å². The van der Waals surface area contributed by atoms with Crippen molar-refractivity contribution in [3.63, 3.8) is 0 Å². The summed E-state index contributed by atoms with van der Waals surface area (Å²) in [7, 11) is 0. The lowest BCUT2D eigenvalue weighted by Crippen LogP contribution is -2.34. The van der Waals surface area contributed by atoms with E-state index in [1.807, 2.05) is 13.0 Å². The smallest absolute Gasteiger partial charge is 0.341 e. The van der Waals surface area contributed by atoms with Gasteiger partial charge in [-0.2, -0.15) is 0 Å². The molecule has 0 spiro atoms. The van der Waals surface area contributed by atoms with Crippen LogP contribution in [0.25, 0.3) is 0 Å². The summed E-state index contributed by atoms with van der Waals surface area (Å²) in [6.45, 7) is 6.53. The van der Waals surface area contributed by atoms with Crippen LogP contribution in [0.2, 0.25) is 0 Å². The molecule has 0 radical (unpaired) electrons. The molecule has 1 heterocycles. The second-order valence-corrected chi connectivity index (χ2v) is 9.57. The molecule has 1 unspecified atom stereocenters. The number of benzene rings is 2. The molecule has 6 nitrogen and oxygen atoms in total. The minimum Gasteiger partial charge on any atom is -0.493 e. The number of hydrogen-bond acceptors (Lipinski definition) is 5. The van der Waals surface area contributed by atoms with Crippen molar-refractivity contribution < 1.29 is 19.1 Å². The number of rotatable bonds is 11. The van der Waals surface area contributed by atoms with Gasteiger partial charge in [0, 0.05) is 18.8 Å². The first-order valence-electron chi connectivity index (χ1n) is 13.1. The van der Waals surface area contributed by atoms with Crippen LogP contribution in [0.15, 0.2) is 42.5 Å². The first-order chi connectivity index (χ1) is 17.1. The van der Waals surface area contributed by atoms with Gasteiger partial charge in [0.25, 0.3) is 0 Å². The minimum absolute atomic E-state index is 0.00158. The van der Waals surface area contributed by atoms with Crippen LogP contribution in [-0.4, -0.2) is 38.2 Å². The number of ether oxygens (including phenoxy) is 2. The highest BCUT2D eigenvalue weighted by atomic mass is 16.5. The number of carbonyl (C=O) groups excluding carboxylic acids is 2. The number of piperidine rings is 1. The number of carbonyl (C=O) groups is 2. The third-order valence-electron chi connectivity index (χ3n) is 6.82. The van der Waals surface area contributed by atoms with E-state index >= 15 is 0 Å². The predicted molar refractivity (Wildman–Crippen MR) is 138 cm³/mol. The van der Waals surface area contributed by atoms with E-state index < -0.39 is 5.97 Å². The van der Waals surface area contributed by atoms with Gasteiger partial charge in [-0.25, -0.2) is 4.79 Å². The van der Waals surface area contributed by atoms with Gasteiger partial charge in [0.05, 0.1) is 25.7 Å². The number of anilines is 1. The van der Waals surface area contributed by atoms with Crippen molar-refractivity contribution in [1.29, 1.82) is 0 Å². The lowest BCUT2D eigenvalue weighted by molar-refractivity contribution is -0.121. The Morgan fingerprint density at radius 2 is 1.80 bits per heavy atom. The van der Waals surface area contributed by atoms with E-state index in [0.29, 0.717) is 30.4 Å². The first-order valence-corrected chi connectivity index (χ1v) is 13.1. The molecular weight excluding hydrogens is 440 g/mol. The molecule has 1 aliphatic carbocycles. The molecule has 2 aromatic rings. The van der Waals surface area contributed by atoms with Crippen LogP contribution in [0.4, 0.5) is 5.69 Å². The van der Waals surface area contributed by atoms with E-state index in [-0.39, 0.29) is 18.4 Å². The number of para-hydroxylation sites is 1. The number of nitrogens with one attached hydrogen (secondary N) is 1. The van der Waals surface area contributed by atoms with Gasteiger partial charge in [-0.1, -0.05) is 37.1 Å². The molecule has 2 aromatic carbocycles. The van der Waals surface area contributed by atoms with E-state index in [2.05, 4.69) is 34.5 Å². The van der Waals surface area contributed by atoms with Crippen molar-refractivity contribution in [2.75, 3.05) is 31.2 Å². The van der Waals surface area contributed by atoms with Crippen LogP contribution < -0.4 is 15.0 Å². The standard InChI is InChI=1S/C29H38N2O4/c1-3-34-27-19-22(14-15-24(27)29(33)35-4-2)20-28(32)30-25(18-21-12-13-21)23-10-6-7-11-26(23)31-16-8-5-9-17-31/h6-7,10-11,14-15,19,21,25H,3-5,8-9,12-13,16-18,20H2,1-2H3,(H,30,32). The maximum atomic E-state index is 13.2. The van der Waals surface area contributed by atoms with E-state index in [9.17, 15) is 9.59 Å². The number of esters is 1. The molecule has 1 amide bonds. The van der Waals surface area contributed by atoms with Crippen molar-refractivity contribution in [2.24, 2.45) is 5.92 Å². The molecule has 1 saturated carbocycles. The zero-order valence-electron chi connectivity index (χ0n) is 21.1. The topological polar surface area (TPSA) is 67.9 Å². The highest BCUT2D eigenvalue weighted by Gasteiger charge is 2.29. The number of amides is 1. The summed E-state index contributed by atoms with van der Waals surface area (Å²) in [5, 5.41) is 3.34. The summed E-state index contributed by atoms with van der Waals surface area (Å²) in [6, 6.07) is 13.9. The van der Waals surface area contributed by atoms with Crippen molar-refractivity contribution in [3.8, 4) is 5.75 Å². The summed E-state index contributed by atoms with van der Waals surface area (Å²) in [4.78, 5) is 28.0. The molecule has 1 aliphatic heterocycles. The second-order valence-electron chi connectivity index (χ2n) is 9.57. The molecule has 188 valence electrons. The fraction of sp³-hybridized carbons (Fsp3) is 0.517. The Morgan fingerprint density at radius 1 is 1.03 bits per heavy atom. The summed E-state index contributed by atoms with van der Waals surface area (Å²) in [5.74, 6) is 0.713. The summed E-state index contributed by atoms with van der Waals surface area (Å²) in [5.41, 5.74) is 3.69. The zero-order valence-corrected chi connectivity index (χ0v) is 21.1. The van der Waals surface area contributed by atoms with Gasteiger partial charge in [0.15, 0.2) is 0 Å². The maximum absolute atomic E-state index is 13.2. The Morgan fingerprint density at radius 3 is 2.51 bits per heavy atom. The van der Waals surface area contributed by atoms with Crippen LogP contribution in [0, 0.1) is 5.92 Å². The van der Waals surface area contributed by atoms with Crippen molar-refractivity contribution in [2.45, 2.75) is 64.8 Å². The van der Waals surface area contributed by atoms with Crippen molar-refractivity contribution in [3.05, 3.63) is 59.2 Å². The molecule has 6 heteroatoms. The molecule has 0 aromatic heterocycles. The molecule has 1 saturated heterocycles. The number of nitrogens with zero attached hydrogens (tertiary/aromatic N) is 1. The van der Waals surface area contributed by atoms with Crippen LogP contribution in [0.5, 0.6) is 5.75 Å². The van der Waals surface area contributed by atoms with Crippen LogP contribution in [0.3, 0.4) is 0 Å². The van der Waals surface area contributed by atoms with Gasteiger partial charge in [-0.3, -0.25) is 4.79 Å². The SMILES string of the molecule is CCOC(=O)c1ccc(CC(=O)NC(CC2CC2)c2ccccc2N2CCCCC2)cc1OCC. The summed E-state index contributed by atoms with van der Waals surface area (Å²) < 4.78 is 10.8. The Kier molecular flexibility index (Phi) is 8.67. The van der Waals surface area contributed by atoms with E-state index in [4.69, 9.17) is 9.47 Å². The Labute approximate surface area is 209 Å². The van der Waals surface area contributed by atoms with Crippen LogP contribution in [-0.2, 0) is 16.0 Å². The van der Waals surface area contributed by atoms with Crippen molar-refractivity contribution in [1.82, 2.24) is 5.32 Å². The van der Waals surface area contributed by atoms with E-state index in [0.717, 1.165) is 25.1 Å². The molecule has 1 atom stereocenters. The lowest BCUT2D eigenvalue weighted by Gasteiger charge is -2.33. The third-order valence-corrected chi connectivity index (χ3v) is 6.82. The molecule has 4 rings (SSSR count). The zero-order chi connectivity index (χ0) is 24.6. The highest BCUT2D eigenvalue weighted by Crippen LogP contribution is 2.40. The Hall–Kier alpha value is -3.02. The van der Waals surface area contributed by atoms with Gasteiger partial charge in [-0.15, -0.1) is 0 Å². The number of hydrogen-bond donors (Lipinski definition) is 1. The summed E-state index contributed by atoms with van der Waals surface area (Å²) >= 11 is 0. The maximum Gasteiger partial charge on any atom is 0.341 e. The molecule has 1 N–H and O–H groups in total. The predicted octanol–water partition coefficient (Wildman–Crippen LogP) is 5.45. The molecule has 2 aliphatic rings. The van der Waals surface area contributed by atoms with Gasteiger partial charge in [0.2, 0.25) is 5.91 Å². The Balaban J connectivity index is 1.50. The van der Waals surface area contributed by atoms with Gasteiger partial charge < -0.3 is 19.7 Å². The summed E-state index contributed by atoms with van der Waals surface area (Å²) in [6.07, 6.45) is 7.42. The fourth-order valence-electron chi connectivity index (χ4n) is 4.92. The van der Waals surface area contributed by atoms with Crippen LogP contribution in [0.1, 0.15) is 79.9 Å². The quantitative estimate of drug-likeness (QED) is 0.435. The second kappa shape index (κ2) is 12.1. The average molecular weight is 479 g/mol. The first kappa shape index (κ1) is 25.1. The normalized spacial score (nSPS) is 16.5. The molecule has 2 fully saturated rings.